The minimum absolute atomic E-state index is 0. The first-order chi connectivity index (χ1) is 1.00. The van der Waals surface area contributed by atoms with E-state index in [1.54, 1.807) is 6.92 Å². The fourth-order valence-corrected chi connectivity index (χ4v) is 0. The van der Waals surface area contributed by atoms with Gasteiger partial charge in [0.1, 0.15) is 0 Å². The van der Waals surface area contributed by atoms with Gasteiger partial charge in [0.25, 0.3) is 0 Å². The van der Waals surface area contributed by atoms with E-state index in [-0.39, 0.29) is 80.9 Å². The molecular weight excluding hydrogens is 86.1 g/mol. The maximum atomic E-state index is 3.25. The molecule has 2 heteroatoms. The molecule has 0 aliphatic carbocycles. The van der Waals surface area contributed by atoms with Crippen molar-refractivity contribution >= 4 is 80.9 Å². The van der Waals surface area contributed by atoms with Crippen LogP contribution in [0.15, 0.2) is 0 Å². The molecule has 0 saturated carbocycles. The molecule has 0 amide bonds. The second-order valence-corrected chi connectivity index (χ2v) is 0. The van der Waals surface area contributed by atoms with Gasteiger partial charge in [-0.25, -0.2) is 0 Å². The van der Waals surface area contributed by atoms with Crippen LogP contribution in [0.3, 0.4) is 0 Å². The summed E-state index contributed by atoms with van der Waals surface area (Å²) in [6.45, 7) is 5.00. The molecule has 0 aromatic carbocycles. The molecule has 0 saturated heterocycles. The maximum absolute atomic E-state index is 3.25. The van der Waals surface area contributed by atoms with Gasteiger partial charge in [0, 0.05) is 0 Å². The Morgan fingerprint density at radius 2 is 1.25 bits per heavy atom. The first-order valence-corrected chi connectivity index (χ1v) is 0.707. The molecule has 0 heterocycles. The first kappa shape index (κ1) is 15.9. The van der Waals surface area contributed by atoms with Crippen molar-refractivity contribution < 1.29 is 0 Å². The predicted molar refractivity (Wildman–Crippen MR) is 25.3 cm³/mol. The Morgan fingerprint density at radius 1 is 1.25 bits per heavy atom. The minimum atomic E-state index is 0. The third-order valence-corrected chi connectivity index (χ3v) is 0. The molecule has 0 aliphatic rings. The molecule has 0 bridgehead atoms. The first-order valence-electron chi connectivity index (χ1n) is 0.707. The SMILES string of the molecule is [CH2]C.[KH].[NaH]. The fourth-order valence-electron chi connectivity index (χ4n) is 0. The third-order valence-electron chi connectivity index (χ3n) is 0. The second-order valence-electron chi connectivity index (χ2n) is 0. The Bertz CT molecular complexity index is 6.00. The van der Waals surface area contributed by atoms with E-state index in [4.69, 9.17) is 0 Å². The zero-order valence-electron chi connectivity index (χ0n) is 1.71. The van der Waals surface area contributed by atoms with Crippen molar-refractivity contribution in [1.82, 2.24) is 0 Å². The van der Waals surface area contributed by atoms with Crippen molar-refractivity contribution in [3.63, 3.8) is 0 Å². The molecule has 0 aromatic heterocycles. The van der Waals surface area contributed by atoms with Crippen LogP contribution in [-0.4, -0.2) is 80.9 Å². The molecule has 0 atom stereocenters. The molecule has 0 fully saturated rings. The molecule has 0 aliphatic heterocycles. The summed E-state index contributed by atoms with van der Waals surface area (Å²) in [5, 5.41) is 0. The Labute approximate surface area is 92.4 Å². The zero-order chi connectivity index (χ0) is 2.00. The number of hydrogen-bond acceptors (Lipinski definition) is 0. The van der Waals surface area contributed by atoms with E-state index in [1.165, 1.54) is 0 Å². The van der Waals surface area contributed by atoms with Crippen LogP contribution in [0.25, 0.3) is 0 Å². The van der Waals surface area contributed by atoms with Crippen molar-refractivity contribution in [3.05, 3.63) is 6.92 Å². The molecule has 0 aromatic rings. The fraction of sp³-hybridized carbons (Fsp3) is 0.500. The Hall–Kier alpha value is 2.64. The molecule has 0 unspecified atom stereocenters. The quantitative estimate of drug-likeness (QED) is 0.356. The number of hydrogen-bond donors (Lipinski definition) is 0. The summed E-state index contributed by atoms with van der Waals surface area (Å²) in [6, 6.07) is 0. The van der Waals surface area contributed by atoms with Crippen molar-refractivity contribution in [1.29, 1.82) is 0 Å². The normalized spacial score (nSPS) is 1.50. The van der Waals surface area contributed by atoms with Crippen LogP contribution in [-0.2, 0) is 0 Å². The van der Waals surface area contributed by atoms with Crippen molar-refractivity contribution in [2.24, 2.45) is 0 Å². The van der Waals surface area contributed by atoms with E-state index >= 15 is 0 Å². The molecule has 1 radical (unpaired) electrons. The Kier molecular flexibility index (Phi) is 69.5. The average molecular weight is 93.2 g/mol. The van der Waals surface area contributed by atoms with Gasteiger partial charge in [0.2, 0.25) is 0 Å². The predicted octanol–water partition coefficient (Wildman–Crippen LogP) is -0.457. The van der Waals surface area contributed by atoms with Gasteiger partial charge in [-0.1, -0.05) is 13.8 Å². The molecular formula is C2H7KNa. The average Bonchev–Trinajstić information content (AvgIpc) is 1.00. The summed E-state index contributed by atoms with van der Waals surface area (Å²) < 4.78 is 0. The van der Waals surface area contributed by atoms with Crippen molar-refractivity contribution in [2.75, 3.05) is 0 Å². The van der Waals surface area contributed by atoms with E-state index in [0.717, 1.165) is 0 Å². The van der Waals surface area contributed by atoms with Crippen LogP contribution in [0.5, 0.6) is 0 Å². The molecule has 0 N–H and O–H groups in total. The standard InChI is InChI=1S/C2H5.K.Na.2H/c1-2;;;;/h1H2,2H3;;;;. The molecule has 0 nitrogen and oxygen atoms in total. The van der Waals surface area contributed by atoms with Crippen LogP contribution in [0.4, 0.5) is 0 Å². The molecule has 0 rings (SSSR count). The summed E-state index contributed by atoms with van der Waals surface area (Å²) in [4.78, 5) is 0. The van der Waals surface area contributed by atoms with Crippen LogP contribution < -0.4 is 0 Å². The van der Waals surface area contributed by atoms with Gasteiger partial charge in [-0.2, -0.15) is 0 Å². The van der Waals surface area contributed by atoms with Gasteiger partial charge in [-0.05, 0) is 0 Å². The molecule has 0 spiro atoms. The third kappa shape index (κ3) is 8.82. The van der Waals surface area contributed by atoms with Gasteiger partial charge < -0.3 is 0 Å². The zero-order valence-corrected chi connectivity index (χ0v) is 1.71. The Balaban J connectivity index is -0.00000000500. The summed E-state index contributed by atoms with van der Waals surface area (Å²) in [7, 11) is 0. The van der Waals surface area contributed by atoms with Crippen LogP contribution >= 0.6 is 0 Å². The topological polar surface area (TPSA) is 0 Å². The monoisotopic (exact) mass is 93.0 g/mol. The van der Waals surface area contributed by atoms with Gasteiger partial charge in [0.05, 0.1) is 0 Å². The Morgan fingerprint density at radius 3 is 1.25 bits per heavy atom. The van der Waals surface area contributed by atoms with E-state index in [2.05, 4.69) is 6.92 Å². The van der Waals surface area contributed by atoms with E-state index in [9.17, 15) is 0 Å². The van der Waals surface area contributed by atoms with E-state index < -0.39 is 0 Å². The van der Waals surface area contributed by atoms with Crippen molar-refractivity contribution in [3.8, 4) is 0 Å². The van der Waals surface area contributed by atoms with Crippen molar-refractivity contribution in [2.45, 2.75) is 6.92 Å². The van der Waals surface area contributed by atoms with Crippen LogP contribution in [0.1, 0.15) is 6.92 Å². The van der Waals surface area contributed by atoms with Gasteiger partial charge >= 0.3 is 80.9 Å². The summed E-state index contributed by atoms with van der Waals surface area (Å²) in [5.74, 6) is 0. The summed E-state index contributed by atoms with van der Waals surface area (Å²) in [5.41, 5.74) is 0. The van der Waals surface area contributed by atoms with Gasteiger partial charge in [0.15, 0.2) is 0 Å². The van der Waals surface area contributed by atoms with Gasteiger partial charge in [-0.3, -0.25) is 0 Å². The number of rotatable bonds is 0. The van der Waals surface area contributed by atoms with E-state index in [1.807, 2.05) is 0 Å². The van der Waals surface area contributed by atoms with E-state index in [0.29, 0.717) is 0 Å². The summed E-state index contributed by atoms with van der Waals surface area (Å²) in [6.07, 6.45) is 0. The summed E-state index contributed by atoms with van der Waals surface area (Å²) >= 11 is 0. The molecule has 17 valence electrons. The van der Waals surface area contributed by atoms with Crippen LogP contribution in [0, 0.1) is 6.92 Å². The van der Waals surface area contributed by atoms with Gasteiger partial charge in [-0.15, -0.1) is 0 Å². The van der Waals surface area contributed by atoms with Crippen LogP contribution in [0.2, 0.25) is 0 Å². The molecule has 4 heavy (non-hydrogen) atoms. The second kappa shape index (κ2) is 17.4.